The average molecular weight is 290 g/mol. The minimum atomic E-state index is -0.376. The van der Waals surface area contributed by atoms with E-state index in [1.165, 1.54) is 6.20 Å². The van der Waals surface area contributed by atoms with E-state index in [2.05, 4.69) is 10.1 Å². The predicted octanol–water partition coefficient (Wildman–Crippen LogP) is 2.65. The van der Waals surface area contributed by atoms with Gasteiger partial charge in [0.25, 0.3) is 5.71 Å². The standard InChI is InChI=1S/C15H18N2O4/c1-9-11-7-10(8-16-14(11)21-17-9)15(18)20-13-6-4-3-5-12(13)19-2/h7-8,12-13H,3-6H2,1-2H3. The number of nitrogens with zero attached hydrogens (tertiary/aromatic N) is 2. The zero-order chi connectivity index (χ0) is 14.8. The van der Waals surface area contributed by atoms with Gasteiger partial charge in [-0.2, -0.15) is 0 Å². The number of carbonyl (C=O) groups is 1. The fourth-order valence-corrected chi connectivity index (χ4v) is 2.73. The van der Waals surface area contributed by atoms with Gasteiger partial charge in [0, 0.05) is 13.3 Å². The molecule has 0 aliphatic heterocycles. The van der Waals surface area contributed by atoms with Crippen molar-refractivity contribution < 1.29 is 18.8 Å². The third kappa shape index (κ3) is 2.76. The highest BCUT2D eigenvalue weighted by Gasteiger charge is 2.28. The summed E-state index contributed by atoms with van der Waals surface area (Å²) in [5.74, 6) is -0.376. The van der Waals surface area contributed by atoms with Gasteiger partial charge in [0.15, 0.2) is 0 Å². The summed E-state index contributed by atoms with van der Waals surface area (Å²) in [4.78, 5) is 16.4. The van der Waals surface area contributed by atoms with Crippen molar-refractivity contribution in [1.82, 2.24) is 10.1 Å². The molecular weight excluding hydrogens is 272 g/mol. The van der Waals surface area contributed by atoms with Gasteiger partial charge in [0.05, 0.1) is 22.7 Å². The third-order valence-corrected chi connectivity index (χ3v) is 3.95. The predicted molar refractivity (Wildman–Crippen MR) is 75.0 cm³/mol. The van der Waals surface area contributed by atoms with Crippen molar-refractivity contribution in [2.24, 2.45) is 0 Å². The number of ether oxygens (including phenoxy) is 2. The van der Waals surface area contributed by atoms with Crippen molar-refractivity contribution in [1.29, 1.82) is 0 Å². The van der Waals surface area contributed by atoms with Gasteiger partial charge in [-0.1, -0.05) is 11.6 Å². The Labute approximate surface area is 122 Å². The molecule has 6 nitrogen and oxygen atoms in total. The number of esters is 1. The molecule has 2 aromatic heterocycles. The Hall–Kier alpha value is -1.95. The van der Waals surface area contributed by atoms with Gasteiger partial charge < -0.3 is 14.0 Å². The normalized spacial score (nSPS) is 22.4. The van der Waals surface area contributed by atoms with Crippen molar-refractivity contribution in [2.75, 3.05) is 7.11 Å². The maximum Gasteiger partial charge on any atom is 0.340 e. The van der Waals surface area contributed by atoms with Gasteiger partial charge in [0.2, 0.25) is 0 Å². The number of hydrogen-bond acceptors (Lipinski definition) is 6. The Balaban J connectivity index is 1.78. The van der Waals surface area contributed by atoms with Crippen molar-refractivity contribution in [3.8, 4) is 0 Å². The highest BCUT2D eigenvalue weighted by Crippen LogP contribution is 2.25. The zero-order valence-corrected chi connectivity index (χ0v) is 12.2. The maximum atomic E-state index is 12.3. The van der Waals surface area contributed by atoms with E-state index in [1.54, 1.807) is 13.2 Å². The largest absolute Gasteiger partial charge is 0.456 e. The van der Waals surface area contributed by atoms with E-state index in [0.29, 0.717) is 17.0 Å². The van der Waals surface area contributed by atoms with Crippen LogP contribution in [0.25, 0.3) is 11.1 Å². The van der Waals surface area contributed by atoms with E-state index in [1.807, 2.05) is 6.92 Å². The summed E-state index contributed by atoms with van der Waals surface area (Å²) in [6, 6.07) is 1.71. The molecule has 1 aliphatic rings. The van der Waals surface area contributed by atoms with Gasteiger partial charge in [-0.15, -0.1) is 0 Å². The second kappa shape index (κ2) is 5.81. The molecule has 0 spiro atoms. The van der Waals surface area contributed by atoms with Crippen molar-refractivity contribution in [3.63, 3.8) is 0 Å². The number of methoxy groups -OCH3 is 1. The number of rotatable bonds is 3. The lowest BCUT2D eigenvalue weighted by atomic mass is 9.94. The topological polar surface area (TPSA) is 74.5 Å². The van der Waals surface area contributed by atoms with Crippen molar-refractivity contribution in [2.45, 2.75) is 44.8 Å². The van der Waals surface area contributed by atoms with Crippen LogP contribution in [0.15, 0.2) is 16.8 Å². The lowest BCUT2D eigenvalue weighted by Crippen LogP contribution is -2.35. The molecular formula is C15H18N2O4. The fraction of sp³-hybridized carbons (Fsp3) is 0.533. The summed E-state index contributed by atoms with van der Waals surface area (Å²) < 4.78 is 16.0. The van der Waals surface area contributed by atoms with Crippen LogP contribution in [-0.2, 0) is 9.47 Å². The molecule has 0 bridgehead atoms. The molecule has 0 radical (unpaired) electrons. The van der Waals surface area contributed by atoms with Crippen LogP contribution >= 0.6 is 0 Å². The molecule has 1 saturated carbocycles. The summed E-state index contributed by atoms with van der Waals surface area (Å²) >= 11 is 0. The first-order valence-corrected chi connectivity index (χ1v) is 7.15. The summed E-state index contributed by atoms with van der Waals surface area (Å²) in [6.45, 7) is 1.81. The smallest absolute Gasteiger partial charge is 0.340 e. The SMILES string of the molecule is COC1CCCCC1OC(=O)c1cnc2onc(C)c2c1. The lowest BCUT2D eigenvalue weighted by molar-refractivity contribution is -0.0539. The van der Waals surface area contributed by atoms with Gasteiger partial charge >= 0.3 is 5.97 Å². The van der Waals surface area contributed by atoms with Crippen molar-refractivity contribution >= 4 is 17.1 Å². The molecule has 21 heavy (non-hydrogen) atoms. The van der Waals surface area contributed by atoms with E-state index < -0.39 is 0 Å². The highest BCUT2D eigenvalue weighted by atomic mass is 16.6. The van der Waals surface area contributed by atoms with Crippen LogP contribution in [-0.4, -0.2) is 35.4 Å². The van der Waals surface area contributed by atoms with E-state index in [9.17, 15) is 4.79 Å². The van der Waals surface area contributed by atoms with Gasteiger partial charge in [0.1, 0.15) is 6.10 Å². The summed E-state index contributed by atoms with van der Waals surface area (Å²) in [7, 11) is 1.66. The second-order valence-electron chi connectivity index (χ2n) is 5.35. The fourth-order valence-electron chi connectivity index (χ4n) is 2.73. The summed E-state index contributed by atoms with van der Waals surface area (Å²) in [5.41, 5.74) is 1.55. The van der Waals surface area contributed by atoms with Crippen LogP contribution < -0.4 is 0 Å². The van der Waals surface area contributed by atoms with E-state index in [-0.39, 0.29) is 18.2 Å². The molecule has 0 saturated heterocycles. The number of pyridine rings is 1. The summed E-state index contributed by atoms with van der Waals surface area (Å²) in [6.07, 6.45) is 5.19. The maximum absolute atomic E-state index is 12.3. The minimum absolute atomic E-state index is 0.0169. The van der Waals surface area contributed by atoms with E-state index >= 15 is 0 Å². The van der Waals surface area contributed by atoms with Crippen LogP contribution in [0.5, 0.6) is 0 Å². The van der Waals surface area contributed by atoms with E-state index in [4.69, 9.17) is 14.0 Å². The number of fused-ring (bicyclic) bond motifs is 1. The molecule has 1 fully saturated rings. The molecule has 2 heterocycles. The Morgan fingerprint density at radius 3 is 2.86 bits per heavy atom. The van der Waals surface area contributed by atoms with Crippen LogP contribution in [0.1, 0.15) is 41.7 Å². The van der Waals surface area contributed by atoms with Crippen molar-refractivity contribution in [3.05, 3.63) is 23.5 Å². The van der Waals surface area contributed by atoms with Crippen LogP contribution in [0.2, 0.25) is 0 Å². The van der Waals surface area contributed by atoms with Gasteiger partial charge in [-0.05, 0) is 32.3 Å². The average Bonchev–Trinajstić information content (AvgIpc) is 2.88. The Morgan fingerprint density at radius 2 is 2.10 bits per heavy atom. The Kier molecular flexibility index (Phi) is 3.88. The zero-order valence-electron chi connectivity index (χ0n) is 12.2. The molecule has 2 atom stereocenters. The quantitative estimate of drug-likeness (QED) is 0.809. The van der Waals surface area contributed by atoms with Crippen LogP contribution in [0.4, 0.5) is 0 Å². The molecule has 0 amide bonds. The molecule has 6 heteroatoms. The number of hydrogen-bond donors (Lipinski definition) is 0. The molecule has 0 aromatic carbocycles. The molecule has 0 N–H and O–H groups in total. The second-order valence-corrected chi connectivity index (χ2v) is 5.35. The van der Waals surface area contributed by atoms with Gasteiger partial charge in [-0.3, -0.25) is 0 Å². The first-order valence-electron chi connectivity index (χ1n) is 7.15. The minimum Gasteiger partial charge on any atom is -0.456 e. The number of aromatic nitrogens is 2. The number of carbonyl (C=O) groups excluding carboxylic acids is 1. The summed E-state index contributed by atoms with van der Waals surface area (Å²) in [5, 5.41) is 4.56. The third-order valence-electron chi connectivity index (χ3n) is 3.95. The molecule has 2 aromatic rings. The van der Waals surface area contributed by atoms with Gasteiger partial charge in [-0.25, -0.2) is 9.78 Å². The Morgan fingerprint density at radius 1 is 1.33 bits per heavy atom. The van der Waals surface area contributed by atoms with Crippen LogP contribution in [0.3, 0.4) is 0 Å². The lowest BCUT2D eigenvalue weighted by Gasteiger charge is -2.29. The first kappa shape index (κ1) is 14.0. The number of aryl methyl sites for hydroxylation is 1. The molecule has 112 valence electrons. The monoisotopic (exact) mass is 290 g/mol. The van der Waals surface area contributed by atoms with E-state index in [0.717, 1.165) is 31.1 Å². The molecule has 1 aliphatic carbocycles. The first-order chi connectivity index (χ1) is 10.2. The molecule has 3 rings (SSSR count). The van der Waals surface area contributed by atoms with Crippen LogP contribution in [0, 0.1) is 6.92 Å². The Bertz CT molecular complexity index is 652. The highest BCUT2D eigenvalue weighted by molar-refractivity contribution is 5.93. The molecule has 2 unspecified atom stereocenters.